The second-order valence-electron chi connectivity index (χ2n) is 3.37. The molecule has 4 heteroatoms. The van der Waals surface area contributed by atoms with Crippen LogP contribution in [-0.2, 0) is 4.79 Å². The summed E-state index contributed by atoms with van der Waals surface area (Å²) in [4.78, 5) is 11.1. The maximum Gasteiger partial charge on any atom is 0.237 e. The summed E-state index contributed by atoms with van der Waals surface area (Å²) >= 11 is 0. The number of hydrogen-bond acceptors (Lipinski definition) is 2. The van der Waals surface area contributed by atoms with Crippen LogP contribution in [0.5, 0.6) is 0 Å². The van der Waals surface area contributed by atoms with Crippen molar-refractivity contribution in [2.24, 2.45) is 11.8 Å². The van der Waals surface area contributed by atoms with E-state index in [1.165, 1.54) is 5.56 Å². The largest absolute Gasteiger partial charge is 1.00 e. The number of nitrogens with two attached hydrogens (primary N) is 1. The number of rotatable bonds is 2. The maximum absolute atomic E-state index is 11.1. The van der Waals surface area contributed by atoms with Gasteiger partial charge in [0.1, 0.15) is 0 Å². The van der Waals surface area contributed by atoms with Crippen molar-refractivity contribution >= 4 is 5.91 Å². The smallest absolute Gasteiger partial charge is 0.237 e. The van der Waals surface area contributed by atoms with Gasteiger partial charge in [-0.2, -0.15) is 0 Å². The van der Waals surface area contributed by atoms with E-state index in [1.807, 2.05) is 18.2 Å². The Morgan fingerprint density at radius 2 is 2.00 bits per heavy atom. The van der Waals surface area contributed by atoms with Gasteiger partial charge in [0.25, 0.3) is 0 Å². The number of hydrogen-bond donors (Lipinski definition) is 2. The molecule has 2 atom stereocenters. The van der Waals surface area contributed by atoms with E-state index in [2.05, 4.69) is 17.6 Å². The molecule has 76 valence electrons. The third kappa shape index (κ3) is 2.05. The molecule has 3 N–H and O–H groups in total. The molecule has 3 nitrogen and oxygen atoms in total. The predicted molar refractivity (Wildman–Crippen MR) is 49.6 cm³/mol. The van der Waals surface area contributed by atoms with Crippen molar-refractivity contribution in [3.8, 4) is 0 Å². The Morgan fingerprint density at radius 1 is 1.36 bits per heavy atom. The second-order valence-corrected chi connectivity index (χ2v) is 3.37. The first-order valence-corrected chi connectivity index (χ1v) is 4.38. The molecule has 0 radical (unpaired) electrons. The van der Waals surface area contributed by atoms with E-state index in [0.717, 1.165) is 6.42 Å². The number of nitrogens with one attached hydrogen (secondary N) is 1. The molecule has 1 fully saturated rings. The van der Waals surface area contributed by atoms with Gasteiger partial charge in [0.05, 0.1) is 0 Å². The fourth-order valence-corrected chi connectivity index (χ4v) is 1.66. The summed E-state index contributed by atoms with van der Waals surface area (Å²) in [5.41, 5.74) is 3.42. The van der Waals surface area contributed by atoms with E-state index >= 15 is 0 Å². The van der Waals surface area contributed by atoms with Gasteiger partial charge in [-0.1, -0.05) is 30.3 Å². The summed E-state index contributed by atoms with van der Waals surface area (Å²) in [5, 5.41) is 0. The number of carbonyl (C=O) groups excluding carboxylic acids is 1. The Morgan fingerprint density at radius 3 is 2.57 bits per heavy atom. The fourth-order valence-electron chi connectivity index (χ4n) is 1.66. The van der Waals surface area contributed by atoms with Crippen LogP contribution in [0.2, 0.25) is 0 Å². The highest BCUT2D eigenvalue weighted by Gasteiger charge is 2.43. The Balaban J connectivity index is 0.000000980. The highest BCUT2D eigenvalue weighted by atomic mass is 35.5. The van der Waals surface area contributed by atoms with Crippen molar-refractivity contribution in [3.05, 3.63) is 35.9 Å². The lowest BCUT2D eigenvalue weighted by Gasteiger charge is -1.98. The van der Waals surface area contributed by atoms with Gasteiger partial charge < -0.3 is 12.4 Å². The summed E-state index contributed by atoms with van der Waals surface area (Å²) in [6.45, 7) is 0. The highest BCUT2D eigenvalue weighted by molar-refractivity contribution is 5.82. The molecule has 0 spiro atoms. The number of carbonyl (C=O) groups is 1. The molecule has 0 aromatic heterocycles. The molecule has 0 bridgehead atoms. The van der Waals surface area contributed by atoms with Crippen LogP contribution in [-0.4, -0.2) is 5.91 Å². The third-order valence-corrected chi connectivity index (χ3v) is 2.50. The van der Waals surface area contributed by atoms with Crippen LogP contribution in [0, 0.1) is 5.92 Å². The molecule has 2 rings (SSSR count). The molecule has 1 saturated carbocycles. The summed E-state index contributed by atoms with van der Waals surface area (Å²) in [7, 11) is 0. The lowest BCUT2D eigenvalue weighted by molar-refractivity contribution is -0.122. The van der Waals surface area contributed by atoms with Gasteiger partial charge in [0.15, 0.2) is 0 Å². The van der Waals surface area contributed by atoms with Crippen LogP contribution in [0.4, 0.5) is 0 Å². The summed E-state index contributed by atoms with van der Waals surface area (Å²) in [6, 6.07) is 10.1. The van der Waals surface area contributed by atoms with Crippen LogP contribution in [0.25, 0.3) is 0 Å². The van der Waals surface area contributed by atoms with Gasteiger partial charge in [0, 0.05) is 5.92 Å². The van der Waals surface area contributed by atoms with Crippen molar-refractivity contribution in [2.75, 3.05) is 0 Å². The Bertz CT molecular complexity index is 315. The first-order valence-electron chi connectivity index (χ1n) is 4.38. The fraction of sp³-hybridized carbons (Fsp3) is 0.300. The van der Waals surface area contributed by atoms with E-state index in [1.54, 1.807) is 0 Å². The Hall–Kier alpha value is -1.06. The molecule has 1 aliphatic rings. The minimum Gasteiger partial charge on any atom is -1.00 e. The molecule has 1 unspecified atom stereocenters. The highest BCUT2D eigenvalue weighted by Crippen LogP contribution is 2.47. The van der Waals surface area contributed by atoms with E-state index in [9.17, 15) is 4.79 Å². The molecule has 1 aromatic rings. The van der Waals surface area contributed by atoms with Crippen molar-refractivity contribution in [3.63, 3.8) is 0 Å². The number of halogens is 1. The summed E-state index contributed by atoms with van der Waals surface area (Å²) in [5.74, 6) is 5.48. The van der Waals surface area contributed by atoms with Crippen LogP contribution in [0.3, 0.4) is 0 Å². The molecule has 0 aliphatic heterocycles. The molecule has 0 heterocycles. The second kappa shape index (κ2) is 4.44. The molecular weight excluding hydrogens is 200 g/mol. The lowest BCUT2D eigenvalue weighted by atomic mass is 10.1. The minimum absolute atomic E-state index is 0. The third-order valence-electron chi connectivity index (χ3n) is 2.50. The number of amides is 1. The van der Waals surface area contributed by atoms with Crippen LogP contribution in [0.15, 0.2) is 30.3 Å². The summed E-state index contributed by atoms with van der Waals surface area (Å²) < 4.78 is 0. The zero-order valence-electron chi connectivity index (χ0n) is 7.61. The quantitative estimate of drug-likeness (QED) is 0.331. The van der Waals surface area contributed by atoms with Crippen molar-refractivity contribution in [1.29, 1.82) is 0 Å². The standard InChI is InChI=1S/C10H12N2O.ClH/c11-12-10(13)9-6-8(9)7-4-2-1-3-5-7;/h1-5,8-9H,6,11H2,(H,12,13);1H/p-1/t8-,9?;/m1./s1. The average molecular weight is 212 g/mol. The van der Waals surface area contributed by atoms with Crippen LogP contribution >= 0.6 is 0 Å². The van der Waals surface area contributed by atoms with Crippen molar-refractivity contribution in [1.82, 2.24) is 5.43 Å². The monoisotopic (exact) mass is 211 g/mol. The van der Waals surface area contributed by atoms with E-state index in [0.29, 0.717) is 5.92 Å². The topological polar surface area (TPSA) is 55.1 Å². The maximum atomic E-state index is 11.1. The van der Waals surface area contributed by atoms with Gasteiger partial charge in [-0.25, -0.2) is 5.84 Å². The zero-order valence-corrected chi connectivity index (χ0v) is 8.37. The van der Waals surface area contributed by atoms with Crippen molar-refractivity contribution < 1.29 is 17.2 Å². The minimum atomic E-state index is -0.0474. The van der Waals surface area contributed by atoms with Crippen LogP contribution < -0.4 is 23.7 Å². The SMILES string of the molecule is NNC(=O)C1C[C@@H]1c1ccccc1.[Cl-]. The normalized spacial score (nSPS) is 23.5. The first-order chi connectivity index (χ1) is 6.33. The molecule has 1 aliphatic carbocycles. The van der Waals surface area contributed by atoms with Gasteiger partial charge in [-0.05, 0) is 17.9 Å². The van der Waals surface area contributed by atoms with E-state index in [4.69, 9.17) is 5.84 Å². The predicted octanol–water partition coefficient (Wildman–Crippen LogP) is -2.22. The van der Waals surface area contributed by atoms with Gasteiger partial charge in [-0.3, -0.25) is 10.2 Å². The molecule has 1 amide bonds. The molecule has 1 aromatic carbocycles. The average Bonchev–Trinajstić information content (AvgIpc) is 2.98. The van der Waals surface area contributed by atoms with Crippen LogP contribution in [0.1, 0.15) is 17.9 Å². The Kier molecular flexibility index (Phi) is 3.49. The van der Waals surface area contributed by atoms with E-state index in [-0.39, 0.29) is 24.2 Å². The lowest BCUT2D eigenvalue weighted by Crippen LogP contribution is -3.00. The molecular formula is C10H12ClN2O-. The van der Waals surface area contributed by atoms with Crippen molar-refractivity contribution in [2.45, 2.75) is 12.3 Å². The van der Waals surface area contributed by atoms with E-state index < -0.39 is 0 Å². The van der Waals surface area contributed by atoms with Gasteiger partial charge >= 0.3 is 0 Å². The first kappa shape index (κ1) is 11.0. The number of benzene rings is 1. The molecule has 14 heavy (non-hydrogen) atoms. The number of hydrazine groups is 1. The Labute approximate surface area is 89.1 Å². The zero-order chi connectivity index (χ0) is 9.26. The van der Waals surface area contributed by atoms with Gasteiger partial charge in [-0.15, -0.1) is 0 Å². The van der Waals surface area contributed by atoms with Gasteiger partial charge in [0.2, 0.25) is 5.91 Å². The summed E-state index contributed by atoms with van der Waals surface area (Å²) in [6.07, 6.45) is 0.924. The molecule has 0 saturated heterocycles.